The molecule has 2 aromatic rings. The van der Waals surface area contributed by atoms with Crippen molar-refractivity contribution >= 4 is 5.91 Å². The van der Waals surface area contributed by atoms with Crippen LogP contribution < -0.4 is 0 Å². The van der Waals surface area contributed by atoms with Gasteiger partial charge in [-0.1, -0.05) is 61.7 Å². The minimum absolute atomic E-state index is 0.0404. The third-order valence-electron chi connectivity index (χ3n) is 7.85. The van der Waals surface area contributed by atoms with Crippen molar-refractivity contribution in [3.63, 3.8) is 0 Å². The molecule has 0 saturated heterocycles. The number of nitrogens with zero attached hydrogens (tertiary/aromatic N) is 1. The van der Waals surface area contributed by atoms with Gasteiger partial charge < -0.3 is 19.5 Å². The summed E-state index contributed by atoms with van der Waals surface area (Å²) in [6.45, 7) is 0.667. The summed E-state index contributed by atoms with van der Waals surface area (Å²) in [6.07, 6.45) is 10.4. The second kappa shape index (κ2) is 11.0. The highest BCUT2D eigenvalue weighted by Gasteiger charge is 2.34. The van der Waals surface area contributed by atoms with E-state index in [1.165, 1.54) is 47.1 Å². The van der Waals surface area contributed by atoms with E-state index < -0.39 is 6.29 Å². The Morgan fingerprint density at radius 2 is 1.86 bits per heavy atom. The van der Waals surface area contributed by atoms with Gasteiger partial charge in [-0.3, -0.25) is 4.79 Å². The number of allylic oxidation sites excluding steroid dienone is 1. The van der Waals surface area contributed by atoms with Crippen LogP contribution in [0.15, 0.2) is 54.3 Å². The Labute approximate surface area is 208 Å². The topological polar surface area (TPSA) is 59.0 Å². The number of unbranched alkanes of at least 4 members (excludes halogenated alkanes) is 1. The molecule has 5 nitrogen and oxygen atoms in total. The lowest BCUT2D eigenvalue weighted by atomic mass is 9.87. The maximum Gasteiger partial charge on any atom is 0.288 e. The van der Waals surface area contributed by atoms with E-state index >= 15 is 0 Å². The Morgan fingerprint density at radius 3 is 2.69 bits per heavy atom. The van der Waals surface area contributed by atoms with Gasteiger partial charge in [-0.2, -0.15) is 0 Å². The van der Waals surface area contributed by atoms with E-state index in [4.69, 9.17) is 14.6 Å². The zero-order valence-electron chi connectivity index (χ0n) is 20.7. The maximum atomic E-state index is 13.6. The number of likely N-dealkylation sites (N-methyl/N-ethyl adjacent to an activating group) is 1. The minimum Gasteiger partial charge on any atom is -0.459 e. The number of hydrogen-bond donors (Lipinski definition) is 1. The van der Waals surface area contributed by atoms with E-state index in [-0.39, 0.29) is 24.5 Å². The maximum absolute atomic E-state index is 13.6. The van der Waals surface area contributed by atoms with Crippen LogP contribution >= 0.6 is 0 Å². The van der Waals surface area contributed by atoms with Crippen LogP contribution in [0, 0.1) is 0 Å². The molecule has 5 heteroatoms. The summed E-state index contributed by atoms with van der Waals surface area (Å²) in [5.41, 5.74) is 6.58. The summed E-state index contributed by atoms with van der Waals surface area (Å²) in [5, 5.41) is 9.11. The number of ether oxygens (including phenoxy) is 2. The fraction of sp³-hybridized carbons (Fsp3) is 0.500. The number of carbonyl (C=O) groups excluding carboxylic acids is 1. The molecule has 1 aliphatic heterocycles. The van der Waals surface area contributed by atoms with Crippen molar-refractivity contribution in [1.29, 1.82) is 0 Å². The van der Waals surface area contributed by atoms with E-state index in [0.29, 0.717) is 25.2 Å². The van der Waals surface area contributed by atoms with Gasteiger partial charge in [-0.05, 0) is 66.0 Å². The highest BCUT2D eigenvalue weighted by Crippen LogP contribution is 2.43. The lowest BCUT2D eigenvalue weighted by Gasteiger charge is -2.35. The summed E-state index contributed by atoms with van der Waals surface area (Å²) in [7, 11) is 1.92. The lowest BCUT2D eigenvalue weighted by Crippen LogP contribution is -2.41. The van der Waals surface area contributed by atoms with Crippen molar-refractivity contribution in [3.05, 3.63) is 71.0 Å². The van der Waals surface area contributed by atoms with Crippen molar-refractivity contribution in [2.24, 2.45) is 0 Å². The number of fused-ring (bicyclic) bond motifs is 3. The van der Waals surface area contributed by atoms with Crippen molar-refractivity contribution < 1.29 is 19.4 Å². The first-order chi connectivity index (χ1) is 17.2. The standard InChI is InChI=1S/C30H37NO4/c1-31(23-11-3-2-4-12-23)30(33)28-19-22(20-29(35-28)34-17-8-7-16-32)25-14-9-15-26-24-13-6-5-10-21(24)18-27(25)26/h5-6,9-10,13-15,19,22-23,29,32H,2-4,7-8,11-12,16-18,20H2,1H3. The second-order valence-electron chi connectivity index (χ2n) is 10.1. The molecule has 1 heterocycles. The smallest absolute Gasteiger partial charge is 0.288 e. The van der Waals surface area contributed by atoms with Crippen LogP contribution in [0.3, 0.4) is 0 Å². The molecule has 0 radical (unpaired) electrons. The monoisotopic (exact) mass is 475 g/mol. The molecular formula is C30H37NO4. The largest absolute Gasteiger partial charge is 0.459 e. The zero-order chi connectivity index (χ0) is 24.2. The molecule has 1 fully saturated rings. The Bertz CT molecular complexity index is 1070. The van der Waals surface area contributed by atoms with Crippen LogP contribution in [0.2, 0.25) is 0 Å². The predicted molar refractivity (Wildman–Crippen MR) is 137 cm³/mol. The first kappa shape index (κ1) is 24.1. The van der Waals surface area contributed by atoms with E-state index in [2.05, 4.69) is 42.5 Å². The quantitative estimate of drug-likeness (QED) is 0.434. The molecule has 0 aromatic heterocycles. The number of aliphatic hydroxyl groups excluding tert-OH is 1. The van der Waals surface area contributed by atoms with Crippen LogP contribution in [0.4, 0.5) is 0 Å². The van der Waals surface area contributed by atoms with Gasteiger partial charge in [-0.15, -0.1) is 0 Å². The molecule has 3 aliphatic rings. The van der Waals surface area contributed by atoms with E-state index in [1.807, 2.05) is 18.0 Å². The molecule has 1 N–H and O–H groups in total. The summed E-state index contributed by atoms with van der Waals surface area (Å²) < 4.78 is 12.2. The second-order valence-corrected chi connectivity index (χ2v) is 10.1. The van der Waals surface area contributed by atoms with E-state index in [1.54, 1.807) is 0 Å². The third-order valence-corrected chi connectivity index (χ3v) is 7.85. The van der Waals surface area contributed by atoms with Crippen LogP contribution in [0.5, 0.6) is 0 Å². The molecule has 1 amide bonds. The van der Waals surface area contributed by atoms with Crippen LogP contribution in [-0.2, 0) is 20.7 Å². The Kier molecular flexibility index (Phi) is 7.54. The van der Waals surface area contributed by atoms with Gasteiger partial charge in [0, 0.05) is 32.0 Å². The highest BCUT2D eigenvalue weighted by molar-refractivity contribution is 5.92. The summed E-state index contributed by atoms with van der Waals surface area (Å²) >= 11 is 0. The number of benzene rings is 2. The average molecular weight is 476 g/mol. The molecular weight excluding hydrogens is 438 g/mol. The first-order valence-corrected chi connectivity index (χ1v) is 13.2. The fourth-order valence-electron chi connectivity index (χ4n) is 5.89. The molecule has 2 aliphatic carbocycles. The minimum atomic E-state index is -0.470. The third kappa shape index (κ3) is 5.17. The molecule has 1 saturated carbocycles. The highest BCUT2D eigenvalue weighted by atomic mass is 16.7. The molecule has 5 rings (SSSR count). The number of amides is 1. The van der Waals surface area contributed by atoms with Gasteiger partial charge in [0.25, 0.3) is 5.91 Å². The van der Waals surface area contributed by atoms with Gasteiger partial charge in [0.15, 0.2) is 5.76 Å². The van der Waals surface area contributed by atoms with Crippen LogP contribution in [0.25, 0.3) is 11.1 Å². The van der Waals surface area contributed by atoms with Crippen LogP contribution in [0.1, 0.15) is 74.0 Å². The lowest BCUT2D eigenvalue weighted by molar-refractivity contribution is -0.153. The van der Waals surface area contributed by atoms with Gasteiger partial charge in [0.2, 0.25) is 6.29 Å². The Balaban J connectivity index is 1.42. The van der Waals surface area contributed by atoms with Gasteiger partial charge in [0.05, 0.1) is 6.61 Å². The molecule has 35 heavy (non-hydrogen) atoms. The Morgan fingerprint density at radius 1 is 1.06 bits per heavy atom. The summed E-state index contributed by atoms with van der Waals surface area (Å²) in [6, 6.07) is 15.4. The predicted octanol–water partition coefficient (Wildman–Crippen LogP) is 5.55. The molecule has 2 aromatic carbocycles. The number of carbonyl (C=O) groups is 1. The average Bonchev–Trinajstić information content (AvgIpc) is 3.29. The normalized spacial score (nSPS) is 21.6. The van der Waals surface area contributed by atoms with Gasteiger partial charge in [-0.25, -0.2) is 0 Å². The number of aliphatic hydroxyl groups is 1. The van der Waals surface area contributed by atoms with Crippen molar-refractivity contribution in [2.45, 2.75) is 76.0 Å². The number of hydrogen-bond acceptors (Lipinski definition) is 4. The fourth-order valence-corrected chi connectivity index (χ4v) is 5.89. The molecule has 2 atom stereocenters. The first-order valence-electron chi connectivity index (χ1n) is 13.2. The van der Waals surface area contributed by atoms with E-state index in [9.17, 15) is 4.79 Å². The van der Waals surface area contributed by atoms with Crippen molar-refractivity contribution in [1.82, 2.24) is 4.90 Å². The van der Waals surface area contributed by atoms with Crippen molar-refractivity contribution in [3.8, 4) is 11.1 Å². The molecule has 186 valence electrons. The molecule has 0 bridgehead atoms. The summed E-state index contributed by atoms with van der Waals surface area (Å²) in [4.78, 5) is 15.4. The Hall–Kier alpha value is -2.63. The van der Waals surface area contributed by atoms with Gasteiger partial charge in [0.1, 0.15) is 0 Å². The zero-order valence-corrected chi connectivity index (χ0v) is 20.7. The van der Waals surface area contributed by atoms with Crippen LogP contribution in [-0.4, -0.2) is 48.5 Å². The summed E-state index contributed by atoms with van der Waals surface area (Å²) in [5.74, 6) is 0.422. The van der Waals surface area contributed by atoms with E-state index in [0.717, 1.165) is 25.7 Å². The number of rotatable bonds is 8. The van der Waals surface area contributed by atoms with Gasteiger partial charge >= 0.3 is 0 Å². The molecule has 2 unspecified atom stereocenters. The van der Waals surface area contributed by atoms with Crippen molar-refractivity contribution in [2.75, 3.05) is 20.3 Å². The molecule has 0 spiro atoms. The SMILES string of the molecule is CN(C(=O)C1=CC(c2cccc3c2Cc2ccccc2-3)CC(OCCCCO)O1)C1CCCCC1.